The summed E-state index contributed by atoms with van der Waals surface area (Å²) in [7, 11) is 0. The van der Waals surface area contributed by atoms with Crippen molar-refractivity contribution in [2.24, 2.45) is 17.8 Å². The summed E-state index contributed by atoms with van der Waals surface area (Å²) in [5, 5.41) is 10.6. The highest BCUT2D eigenvalue weighted by molar-refractivity contribution is 6.52. The van der Waals surface area contributed by atoms with E-state index < -0.39 is 11.6 Å². The lowest BCUT2D eigenvalue weighted by atomic mass is 9.66. The molecule has 4 rings (SSSR count). The molecular formula is C21H24O3. The lowest BCUT2D eigenvalue weighted by Crippen LogP contribution is -2.30. The molecule has 3 heteroatoms. The van der Waals surface area contributed by atoms with Gasteiger partial charge in [0.1, 0.15) is 5.76 Å². The van der Waals surface area contributed by atoms with Crippen molar-refractivity contribution in [3.63, 3.8) is 0 Å². The number of benzene rings is 1. The molecule has 1 N–H and O–H groups in total. The zero-order valence-corrected chi connectivity index (χ0v) is 14.0. The van der Waals surface area contributed by atoms with Crippen LogP contribution in [0.2, 0.25) is 0 Å². The molecule has 0 amide bonds. The van der Waals surface area contributed by atoms with Gasteiger partial charge in [0.15, 0.2) is 0 Å². The fourth-order valence-corrected chi connectivity index (χ4v) is 5.05. The zero-order valence-electron chi connectivity index (χ0n) is 14.0. The van der Waals surface area contributed by atoms with Gasteiger partial charge in [-0.2, -0.15) is 0 Å². The molecule has 0 spiro atoms. The predicted molar refractivity (Wildman–Crippen MR) is 92.7 cm³/mol. The molecule has 0 aromatic heterocycles. The topological polar surface area (TPSA) is 54.4 Å². The molecule has 3 atom stereocenters. The number of rotatable bonds is 2. The maximum atomic E-state index is 12.5. The van der Waals surface area contributed by atoms with E-state index in [1.807, 2.05) is 0 Å². The standard InChI is InChI=1S/C21H24O3/c22-19-16-7-3-4-8-17(16)20(23)21(24)18(19)12-13-9-10-14-5-1-2-6-15(14)11-13/h3-4,7-8,13-15,22H,1-2,5-6,9-12H2. The maximum Gasteiger partial charge on any atom is 0.234 e. The number of aliphatic hydroxyl groups is 1. The van der Waals surface area contributed by atoms with Crippen LogP contribution < -0.4 is 0 Å². The summed E-state index contributed by atoms with van der Waals surface area (Å²) in [6.07, 6.45) is 9.40. The Kier molecular flexibility index (Phi) is 4.03. The van der Waals surface area contributed by atoms with Gasteiger partial charge >= 0.3 is 0 Å². The van der Waals surface area contributed by atoms with E-state index in [0.717, 1.165) is 24.7 Å². The number of allylic oxidation sites excluding steroid dienone is 1. The van der Waals surface area contributed by atoms with Crippen molar-refractivity contribution in [1.82, 2.24) is 0 Å². The van der Waals surface area contributed by atoms with Crippen molar-refractivity contribution in [2.75, 3.05) is 0 Å². The highest BCUT2D eigenvalue weighted by Gasteiger charge is 2.37. The van der Waals surface area contributed by atoms with Crippen LogP contribution in [0.4, 0.5) is 0 Å². The fourth-order valence-electron chi connectivity index (χ4n) is 5.05. The Labute approximate surface area is 142 Å². The average molecular weight is 324 g/mol. The Morgan fingerprint density at radius 2 is 1.58 bits per heavy atom. The number of Topliss-reactive ketones (excluding diaryl/α,β-unsaturated/α-hetero) is 2. The summed E-state index contributed by atoms with van der Waals surface area (Å²) in [5.41, 5.74) is 1.20. The molecule has 3 aliphatic rings. The van der Waals surface area contributed by atoms with E-state index in [1.165, 1.54) is 32.1 Å². The van der Waals surface area contributed by atoms with E-state index in [4.69, 9.17) is 0 Å². The fraction of sp³-hybridized carbons (Fsp3) is 0.524. The SMILES string of the molecule is O=C1C(=O)c2ccccc2C(O)=C1CC1CCC2CCCCC2C1. The van der Waals surface area contributed by atoms with E-state index in [0.29, 0.717) is 29.0 Å². The molecule has 2 saturated carbocycles. The predicted octanol–water partition coefficient (Wildman–Crippen LogP) is 4.72. The molecular weight excluding hydrogens is 300 g/mol. The molecule has 3 aliphatic carbocycles. The summed E-state index contributed by atoms with van der Waals surface area (Å²) >= 11 is 0. The first kappa shape index (κ1) is 15.6. The smallest absolute Gasteiger partial charge is 0.234 e. The van der Waals surface area contributed by atoms with Gasteiger partial charge in [0.25, 0.3) is 0 Å². The van der Waals surface area contributed by atoms with Crippen LogP contribution in [-0.4, -0.2) is 16.7 Å². The molecule has 3 nitrogen and oxygen atoms in total. The molecule has 2 fully saturated rings. The Morgan fingerprint density at radius 3 is 2.38 bits per heavy atom. The monoisotopic (exact) mass is 324 g/mol. The van der Waals surface area contributed by atoms with Gasteiger partial charge in [-0.05, 0) is 43.4 Å². The van der Waals surface area contributed by atoms with Crippen LogP contribution in [0.1, 0.15) is 67.3 Å². The Morgan fingerprint density at radius 1 is 0.875 bits per heavy atom. The molecule has 0 saturated heterocycles. The van der Waals surface area contributed by atoms with Gasteiger partial charge in [-0.25, -0.2) is 0 Å². The molecule has 0 radical (unpaired) electrons. The van der Waals surface area contributed by atoms with Crippen molar-refractivity contribution in [3.8, 4) is 0 Å². The summed E-state index contributed by atoms with van der Waals surface area (Å²) < 4.78 is 0. The van der Waals surface area contributed by atoms with E-state index in [2.05, 4.69) is 0 Å². The molecule has 24 heavy (non-hydrogen) atoms. The van der Waals surface area contributed by atoms with E-state index in [9.17, 15) is 14.7 Å². The van der Waals surface area contributed by atoms with Gasteiger partial charge in [0.05, 0.1) is 0 Å². The first-order valence-corrected chi connectivity index (χ1v) is 9.25. The first-order valence-electron chi connectivity index (χ1n) is 9.25. The molecule has 1 aromatic rings. The minimum Gasteiger partial charge on any atom is -0.507 e. The normalized spacial score (nSPS) is 30.1. The van der Waals surface area contributed by atoms with Crippen molar-refractivity contribution >= 4 is 17.3 Å². The second-order valence-corrected chi connectivity index (χ2v) is 7.72. The maximum absolute atomic E-state index is 12.5. The van der Waals surface area contributed by atoms with Crippen LogP contribution in [0.15, 0.2) is 29.8 Å². The lowest BCUT2D eigenvalue weighted by molar-refractivity contribution is -0.112. The van der Waals surface area contributed by atoms with Gasteiger partial charge in [-0.15, -0.1) is 0 Å². The third-order valence-corrected chi connectivity index (χ3v) is 6.33. The summed E-state index contributed by atoms with van der Waals surface area (Å²) in [6, 6.07) is 6.87. The number of ketones is 2. The third kappa shape index (κ3) is 2.60. The quantitative estimate of drug-likeness (QED) is 0.801. The van der Waals surface area contributed by atoms with Gasteiger partial charge in [-0.3, -0.25) is 9.59 Å². The summed E-state index contributed by atoms with van der Waals surface area (Å²) in [6.45, 7) is 0. The largest absolute Gasteiger partial charge is 0.507 e. The second kappa shape index (κ2) is 6.19. The lowest BCUT2D eigenvalue weighted by Gasteiger charge is -2.39. The number of carbonyl (C=O) groups is 2. The van der Waals surface area contributed by atoms with E-state index in [1.54, 1.807) is 24.3 Å². The van der Waals surface area contributed by atoms with Crippen LogP contribution >= 0.6 is 0 Å². The Balaban J connectivity index is 1.57. The first-order chi connectivity index (χ1) is 11.6. The van der Waals surface area contributed by atoms with E-state index >= 15 is 0 Å². The third-order valence-electron chi connectivity index (χ3n) is 6.33. The molecule has 0 aliphatic heterocycles. The highest BCUT2D eigenvalue weighted by Crippen LogP contribution is 2.45. The van der Waals surface area contributed by atoms with Crippen LogP contribution in [0, 0.1) is 17.8 Å². The number of carbonyl (C=O) groups excluding carboxylic acids is 2. The Hall–Kier alpha value is -1.90. The van der Waals surface area contributed by atoms with Crippen LogP contribution in [0.25, 0.3) is 5.76 Å². The van der Waals surface area contributed by atoms with Gasteiger partial charge in [0, 0.05) is 16.7 Å². The van der Waals surface area contributed by atoms with Gasteiger partial charge in [-0.1, -0.05) is 49.9 Å². The summed E-state index contributed by atoms with van der Waals surface area (Å²) in [4.78, 5) is 24.8. The van der Waals surface area contributed by atoms with Crippen LogP contribution in [0.5, 0.6) is 0 Å². The minimum absolute atomic E-state index is 0.0287. The summed E-state index contributed by atoms with van der Waals surface area (Å²) in [5.74, 6) is 1.12. The highest BCUT2D eigenvalue weighted by atomic mass is 16.3. The van der Waals surface area contributed by atoms with Crippen molar-refractivity contribution in [1.29, 1.82) is 0 Å². The van der Waals surface area contributed by atoms with Crippen molar-refractivity contribution in [2.45, 2.75) is 51.4 Å². The number of hydrogen-bond donors (Lipinski definition) is 1. The average Bonchev–Trinajstić information content (AvgIpc) is 2.63. The minimum atomic E-state index is -0.503. The molecule has 3 unspecified atom stereocenters. The van der Waals surface area contributed by atoms with Crippen LogP contribution in [0.3, 0.4) is 0 Å². The zero-order chi connectivity index (χ0) is 16.7. The second-order valence-electron chi connectivity index (χ2n) is 7.72. The molecule has 1 aromatic carbocycles. The van der Waals surface area contributed by atoms with Crippen LogP contribution in [-0.2, 0) is 4.79 Å². The number of aliphatic hydroxyl groups excluding tert-OH is 1. The molecule has 126 valence electrons. The van der Waals surface area contributed by atoms with Crippen molar-refractivity contribution in [3.05, 3.63) is 41.0 Å². The number of hydrogen-bond acceptors (Lipinski definition) is 3. The van der Waals surface area contributed by atoms with E-state index in [-0.39, 0.29) is 5.76 Å². The van der Waals surface area contributed by atoms with Crippen molar-refractivity contribution < 1.29 is 14.7 Å². The molecule has 0 heterocycles. The van der Waals surface area contributed by atoms with Gasteiger partial charge in [0.2, 0.25) is 11.6 Å². The number of fused-ring (bicyclic) bond motifs is 2. The molecule has 0 bridgehead atoms. The van der Waals surface area contributed by atoms with Gasteiger partial charge < -0.3 is 5.11 Å². The Bertz CT molecular complexity index is 716.